The molecule has 2 rings (SSSR count). The predicted molar refractivity (Wildman–Crippen MR) is 98.6 cm³/mol. The van der Waals surface area contributed by atoms with Gasteiger partial charge in [0.2, 0.25) is 5.91 Å². The smallest absolute Gasteiger partial charge is 0.280 e. The summed E-state index contributed by atoms with van der Waals surface area (Å²) in [5.41, 5.74) is -0.321. The average Bonchev–Trinajstić information content (AvgIpc) is 2.65. The van der Waals surface area contributed by atoms with Crippen molar-refractivity contribution in [2.75, 3.05) is 6.61 Å². The van der Waals surface area contributed by atoms with Crippen LogP contribution in [-0.2, 0) is 4.79 Å². The fraction of sp³-hybridized carbons (Fsp3) is 0.579. The van der Waals surface area contributed by atoms with Crippen molar-refractivity contribution in [2.24, 2.45) is 0 Å². The summed E-state index contributed by atoms with van der Waals surface area (Å²) in [6.45, 7) is 1.85. The molecule has 1 aliphatic carbocycles. The zero-order valence-electron chi connectivity index (χ0n) is 15.5. The van der Waals surface area contributed by atoms with Crippen molar-refractivity contribution in [3.05, 3.63) is 33.9 Å². The fourth-order valence-electron chi connectivity index (χ4n) is 3.50. The SMILES string of the molecule is CC(O)N(C(=O)CCCOc1ccc([N+](=O)[O-])c(C=O)c1)C1CCCCC1. The number of carbonyl (C=O) groups is 2. The molecular weight excluding hydrogens is 352 g/mol. The number of nitro benzene ring substituents is 1. The molecule has 1 amide bonds. The molecule has 148 valence electrons. The van der Waals surface area contributed by atoms with E-state index < -0.39 is 11.2 Å². The highest BCUT2D eigenvalue weighted by atomic mass is 16.6. The molecular formula is C19H26N2O6. The summed E-state index contributed by atoms with van der Waals surface area (Å²) in [6.07, 6.45) is 5.45. The second-order valence-corrected chi connectivity index (χ2v) is 6.77. The van der Waals surface area contributed by atoms with Gasteiger partial charge in [-0.1, -0.05) is 19.3 Å². The van der Waals surface area contributed by atoms with Crippen LogP contribution in [0.2, 0.25) is 0 Å². The third kappa shape index (κ3) is 5.75. The number of amides is 1. The molecule has 0 heterocycles. The maximum absolute atomic E-state index is 12.5. The van der Waals surface area contributed by atoms with E-state index in [1.54, 1.807) is 11.8 Å². The van der Waals surface area contributed by atoms with Crippen LogP contribution in [0.4, 0.5) is 5.69 Å². The molecule has 0 bridgehead atoms. The first-order valence-corrected chi connectivity index (χ1v) is 9.29. The second-order valence-electron chi connectivity index (χ2n) is 6.77. The third-order valence-corrected chi connectivity index (χ3v) is 4.79. The van der Waals surface area contributed by atoms with Gasteiger partial charge in [0.1, 0.15) is 12.0 Å². The Balaban J connectivity index is 1.85. The first-order valence-electron chi connectivity index (χ1n) is 9.29. The number of aldehydes is 1. The third-order valence-electron chi connectivity index (χ3n) is 4.79. The van der Waals surface area contributed by atoms with Crippen LogP contribution < -0.4 is 4.74 Å². The monoisotopic (exact) mass is 378 g/mol. The van der Waals surface area contributed by atoms with Crippen molar-refractivity contribution in [1.82, 2.24) is 4.90 Å². The van der Waals surface area contributed by atoms with E-state index in [4.69, 9.17) is 4.74 Å². The van der Waals surface area contributed by atoms with Gasteiger partial charge in [-0.25, -0.2) is 0 Å². The highest BCUT2D eigenvalue weighted by molar-refractivity contribution is 5.82. The molecule has 1 atom stereocenters. The zero-order valence-corrected chi connectivity index (χ0v) is 15.5. The van der Waals surface area contributed by atoms with Crippen molar-refractivity contribution < 1.29 is 24.4 Å². The molecule has 1 saturated carbocycles. The highest BCUT2D eigenvalue weighted by Gasteiger charge is 2.28. The number of rotatable bonds is 9. The maximum atomic E-state index is 12.5. The van der Waals surface area contributed by atoms with E-state index in [1.165, 1.54) is 24.6 Å². The van der Waals surface area contributed by atoms with E-state index in [0.29, 0.717) is 18.5 Å². The van der Waals surface area contributed by atoms with Crippen LogP contribution >= 0.6 is 0 Å². The van der Waals surface area contributed by atoms with Crippen molar-refractivity contribution in [1.29, 1.82) is 0 Å². The second kappa shape index (κ2) is 10.0. The van der Waals surface area contributed by atoms with Crippen molar-refractivity contribution in [3.63, 3.8) is 0 Å². The molecule has 1 aromatic carbocycles. The van der Waals surface area contributed by atoms with Crippen LogP contribution in [0, 0.1) is 10.1 Å². The number of nitrogens with zero attached hydrogens (tertiary/aromatic N) is 2. The lowest BCUT2D eigenvalue weighted by molar-refractivity contribution is -0.385. The number of hydrogen-bond acceptors (Lipinski definition) is 6. The number of hydrogen-bond donors (Lipinski definition) is 1. The van der Waals surface area contributed by atoms with Gasteiger partial charge in [0, 0.05) is 18.5 Å². The molecule has 1 fully saturated rings. The van der Waals surface area contributed by atoms with Crippen LogP contribution in [0.5, 0.6) is 5.75 Å². The minimum atomic E-state index is -0.814. The largest absolute Gasteiger partial charge is 0.494 e. The van der Waals surface area contributed by atoms with Gasteiger partial charge in [-0.05, 0) is 38.3 Å². The Labute approximate surface area is 158 Å². The Kier molecular flexibility index (Phi) is 7.72. The first kappa shape index (κ1) is 20.8. The summed E-state index contributed by atoms with van der Waals surface area (Å²) in [4.78, 5) is 35.2. The fourth-order valence-corrected chi connectivity index (χ4v) is 3.50. The molecule has 0 aliphatic heterocycles. The lowest BCUT2D eigenvalue weighted by Gasteiger charge is -2.36. The number of benzene rings is 1. The standard InChI is InChI=1S/C19H26N2O6/c1-14(23)20(16-6-3-2-4-7-16)19(24)8-5-11-27-17-9-10-18(21(25)26)15(12-17)13-22/h9-10,12-14,16,23H,2-8,11H2,1H3. The summed E-state index contributed by atoms with van der Waals surface area (Å²) < 4.78 is 5.50. The maximum Gasteiger partial charge on any atom is 0.280 e. The molecule has 0 radical (unpaired) electrons. The lowest BCUT2D eigenvalue weighted by atomic mass is 9.93. The van der Waals surface area contributed by atoms with E-state index in [0.717, 1.165) is 25.7 Å². The van der Waals surface area contributed by atoms with Gasteiger partial charge in [-0.2, -0.15) is 0 Å². The van der Waals surface area contributed by atoms with Gasteiger partial charge in [-0.3, -0.25) is 19.7 Å². The van der Waals surface area contributed by atoms with E-state index >= 15 is 0 Å². The van der Waals surface area contributed by atoms with Gasteiger partial charge in [-0.15, -0.1) is 0 Å². The summed E-state index contributed by atoms with van der Waals surface area (Å²) in [5.74, 6) is 0.243. The minimum Gasteiger partial charge on any atom is -0.494 e. The van der Waals surface area contributed by atoms with Gasteiger partial charge < -0.3 is 14.7 Å². The Bertz CT molecular complexity index is 670. The quantitative estimate of drug-likeness (QED) is 0.232. The predicted octanol–water partition coefficient (Wildman–Crippen LogP) is 3.07. The lowest BCUT2D eigenvalue weighted by Crippen LogP contribution is -2.46. The normalized spacial score (nSPS) is 15.8. The Hall–Kier alpha value is -2.48. The molecule has 27 heavy (non-hydrogen) atoms. The molecule has 0 spiro atoms. The average molecular weight is 378 g/mol. The van der Waals surface area contributed by atoms with E-state index in [-0.39, 0.29) is 36.2 Å². The number of nitro groups is 1. The van der Waals surface area contributed by atoms with Crippen molar-refractivity contribution >= 4 is 17.9 Å². The molecule has 8 nitrogen and oxygen atoms in total. The summed E-state index contributed by atoms with van der Waals surface area (Å²) in [5, 5.41) is 20.8. The van der Waals surface area contributed by atoms with Crippen LogP contribution in [0.25, 0.3) is 0 Å². The van der Waals surface area contributed by atoms with E-state index in [9.17, 15) is 24.8 Å². The van der Waals surface area contributed by atoms with Crippen LogP contribution in [0.3, 0.4) is 0 Å². The van der Waals surface area contributed by atoms with Gasteiger partial charge in [0.25, 0.3) is 5.69 Å². The minimum absolute atomic E-state index is 0.0499. The molecule has 1 unspecified atom stereocenters. The number of aliphatic hydroxyl groups excluding tert-OH is 1. The molecule has 1 aromatic rings. The zero-order chi connectivity index (χ0) is 19.8. The highest BCUT2D eigenvalue weighted by Crippen LogP contribution is 2.25. The Morgan fingerprint density at radius 1 is 1.41 bits per heavy atom. The molecule has 8 heteroatoms. The molecule has 0 aromatic heterocycles. The Morgan fingerprint density at radius 2 is 2.11 bits per heavy atom. The van der Waals surface area contributed by atoms with E-state index in [2.05, 4.69) is 0 Å². The van der Waals surface area contributed by atoms with Crippen molar-refractivity contribution in [3.8, 4) is 5.75 Å². The van der Waals surface area contributed by atoms with Crippen LogP contribution in [0.15, 0.2) is 18.2 Å². The van der Waals surface area contributed by atoms with Crippen molar-refractivity contribution in [2.45, 2.75) is 64.1 Å². The first-order chi connectivity index (χ1) is 12.9. The summed E-state index contributed by atoms with van der Waals surface area (Å²) in [6, 6.07) is 4.06. The summed E-state index contributed by atoms with van der Waals surface area (Å²) in [7, 11) is 0. The number of carbonyl (C=O) groups excluding carboxylic acids is 2. The molecule has 0 saturated heterocycles. The topological polar surface area (TPSA) is 110 Å². The van der Waals surface area contributed by atoms with Gasteiger partial charge in [0.05, 0.1) is 17.1 Å². The summed E-state index contributed by atoms with van der Waals surface area (Å²) >= 11 is 0. The van der Waals surface area contributed by atoms with Gasteiger partial charge in [0.15, 0.2) is 6.29 Å². The number of ether oxygens (including phenoxy) is 1. The van der Waals surface area contributed by atoms with E-state index in [1.807, 2.05) is 0 Å². The van der Waals surface area contributed by atoms with Crippen LogP contribution in [-0.4, -0.2) is 46.0 Å². The molecule has 1 N–H and O–H groups in total. The Morgan fingerprint density at radius 3 is 2.70 bits per heavy atom. The van der Waals surface area contributed by atoms with Crippen LogP contribution in [0.1, 0.15) is 62.2 Å². The number of aliphatic hydroxyl groups is 1. The molecule has 1 aliphatic rings. The van der Waals surface area contributed by atoms with Gasteiger partial charge >= 0.3 is 0 Å².